The van der Waals surface area contributed by atoms with Crippen LogP contribution in [0.4, 0.5) is 5.69 Å². The average molecular weight is 238 g/mol. The van der Waals surface area contributed by atoms with Crippen molar-refractivity contribution >= 4 is 5.69 Å². The lowest BCUT2D eigenvalue weighted by atomic mass is 10.1. The minimum Gasteiger partial charge on any atom is -0.394 e. The maximum absolute atomic E-state index is 10.5. The van der Waals surface area contributed by atoms with Crippen LogP contribution >= 0.6 is 0 Å². The van der Waals surface area contributed by atoms with Crippen LogP contribution in [-0.2, 0) is 4.74 Å². The molecule has 1 unspecified atom stereocenters. The number of rotatable bonds is 3. The zero-order chi connectivity index (χ0) is 12.5. The molecule has 1 aliphatic heterocycles. The number of hydrogen-bond acceptors (Lipinski definition) is 5. The highest BCUT2D eigenvalue weighted by atomic mass is 16.6. The molecule has 1 aromatic carbocycles. The molecule has 6 heteroatoms. The lowest BCUT2D eigenvalue weighted by molar-refractivity contribution is -0.384. The largest absolute Gasteiger partial charge is 0.394 e. The second kappa shape index (κ2) is 4.40. The van der Waals surface area contributed by atoms with Crippen LogP contribution in [-0.4, -0.2) is 28.8 Å². The van der Waals surface area contributed by atoms with Gasteiger partial charge in [0.2, 0.25) is 0 Å². The highest BCUT2D eigenvalue weighted by Gasteiger charge is 2.35. The van der Waals surface area contributed by atoms with E-state index in [2.05, 4.69) is 5.32 Å². The minimum absolute atomic E-state index is 0.0174. The summed E-state index contributed by atoms with van der Waals surface area (Å²) >= 11 is 0. The van der Waals surface area contributed by atoms with Gasteiger partial charge in [-0.2, -0.15) is 0 Å². The van der Waals surface area contributed by atoms with Crippen molar-refractivity contribution in [1.29, 1.82) is 0 Å². The Kier molecular flexibility index (Phi) is 3.10. The lowest BCUT2D eigenvalue weighted by Gasteiger charge is -2.20. The first-order chi connectivity index (χ1) is 8.04. The summed E-state index contributed by atoms with van der Waals surface area (Å²) in [5.41, 5.74) is 0.413. The Labute approximate surface area is 98.4 Å². The van der Waals surface area contributed by atoms with Gasteiger partial charge in [0, 0.05) is 12.1 Å². The molecule has 0 aromatic heterocycles. The van der Waals surface area contributed by atoms with E-state index in [0.29, 0.717) is 6.61 Å². The maximum Gasteiger partial charge on any atom is 0.269 e. The number of aliphatic hydroxyl groups is 1. The van der Waals surface area contributed by atoms with Crippen LogP contribution in [0.5, 0.6) is 0 Å². The Morgan fingerprint density at radius 1 is 1.59 bits per heavy atom. The predicted molar refractivity (Wildman–Crippen MR) is 60.4 cm³/mol. The molecule has 0 bridgehead atoms. The second-order valence-corrected chi connectivity index (χ2v) is 4.40. The fourth-order valence-corrected chi connectivity index (χ4v) is 1.71. The summed E-state index contributed by atoms with van der Waals surface area (Å²) in [6.07, 6.45) is -0.326. The molecule has 1 aliphatic rings. The Morgan fingerprint density at radius 2 is 2.24 bits per heavy atom. The summed E-state index contributed by atoms with van der Waals surface area (Å²) in [6, 6.07) is 6.18. The molecule has 1 fully saturated rings. The topological polar surface area (TPSA) is 84.6 Å². The average Bonchev–Trinajstić information content (AvgIpc) is 2.73. The Morgan fingerprint density at radius 3 is 2.71 bits per heavy atom. The molecule has 0 amide bonds. The smallest absolute Gasteiger partial charge is 0.269 e. The molecule has 2 atom stereocenters. The van der Waals surface area contributed by atoms with E-state index >= 15 is 0 Å². The molecule has 0 saturated carbocycles. The van der Waals surface area contributed by atoms with E-state index in [1.807, 2.05) is 6.92 Å². The summed E-state index contributed by atoms with van der Waals surface area (Å²) < 4.78 is 5.50. The summed E-state index contributed by atoms with van der Waals surface area (Å²) in [4.78, 5) is 10.1. The molecule has 1 heterocycles. The third-order valence-corrected chi connectivity index (χ3v) is 2.80. The van der Waals surface area contributed by atoms with Gasteiger partial charge in [-0.1, -0.05) is 0 Å². The number of nitrogens with one attached hydrogen (secondary N) is 1. The van der Waals surface area contributed by atoms with Crippen molar-refractivity contribution in [2.24, 2.45) is 0 Å². The van der Waals surface area contributed by atoms with Crippen LogP contribution < -0.4 is 5.32 Å². The first kappa shape index (κ1) is 12.0. The number of hydrogen-bond donors (Lipinski definition) is 2. The van der Waals surface area contributed by atoms with Crippen molar-refractivity contribution in [3.05, 3.63) is 39.9 Å². The van der Waals surface area contributed by atoms with Gasteiger partial charge in [-0.15, -0.1) is 0 Å². The summed E-state index contributed by atoms with van der Waals surface area (Å²) in [7, 11) is 0. The fourth-order valence-electron chi connectivity index (χ4n) is 1.71. The SMILES string of the molecule is C[C@@]1(CO)COC(c2ccc([N+](=O)[O-])cc2)N1. The van der Waals surface area contributed by atoms with Gasteiger partial charge < -0.3 is 9.84 Å². The molecule has 0 aliphatic carbocycles. The molecule has 92 valence electrons. The fraction of sp³-hybridized carbons (Fsp3) is 0.455. The van der Waals surface area contributed by atoms with E-state index in [-0.39, 0.29) is 18.5 Å². The van der Waals surface area contributed by atoms with Crippen LogP contribution in [0, 0.1) is 10.1 Å². The van der Waals surface area contributed by atoms with Gasteiger partial charge in [0.15, 0.2) is 0 Å². The van der Waals surface area contributed by atoms with Crippen molar-refractivity contribution in [2.45, 2.75) is 18.7 Å². The van der Waals surface area contributed by atoms with Crippen molar-refractivity contribution < 1.29 is 14.8 Å². The second-order valence-electron chi connectivity index (χ2n) is 4.40. The molecule has 1 saturated heterocycles. The van der Waals surface area contributed by atoms with Crippen molar-refractivity contribution in [3.63, 3.8) is 0 Å². The highest BCUT2D eigenvalue weighted by molar-refractivity contribution is 5.34. The number of benzene rings is 1. The van der Waals surface area contributed by atoms with Gasteiger partial charge in [-0.3, -0.25) is 15.4 Å². The quantitative estimate of drug-likeness (QED) is 0.605. The van der Waals surface area contributed by atoms with Crippen LogP contribution in [0.1, 0.15) is 18.7 Å². The lowest BCUT2D eigenvalue weighted by Crippen LogP contribution is -2.43. The number of ether oxygens (including phenoxy) is 1. The normalized spacial score (nSPS) is 28.2. The Balaban J connectivity index is 2.12. The van der Waals surface area contributed by atoms with Gasteiger partial charge in [0.25, 0.3) is 5.69 Å². The summed E-state index contributed by atoms with van der Waals surface area (Å²) in [6.45, 7) is 2.25. The van der Waals surface area contributed by atoms with Crippen molar-refractivity contribution in [1.82, 2.24) is 5.32 Å². The van der Waals surface area contributed by atoms with Crippen LogP contribution in [0.15, 0.2) is 24.3 Å². The van der Waals surface area contributed by atoms with E-state index in [9.17, 15) is 15.2 Å². The number of aliphatic hydroxyl groups excluding tert-OH is 1. The first-order valence-electron chi connectivity index (χ1n) is 5.29. The van der Waals surface area contributed by atoms with E-state index in [1.54, 1.807) is 12.1 Å². The van der Waals surface area contributed by atoms with Gasteiger partial charge in [-0.25, -0.2) is 0 Å². The Bertz CT molecular complexity index is 420. The van der Waals surface area contributed by atoms with E-state index in [4.69, 9.17) is 4.74 Å². The third kappa shape index (κ3) is 2.44. The molecular formula is C11H14N2O4. The Hall–Kier alpha value is -1.50. The monoisotopic (exact) mass is 238 g/mol. The third-order valence-electron chi connectivity index (χ3n) is 2.80. The van der Waals surface area contributed by atoms with Crippen LogP contribution in [0.25, 0.3) is 0 Å². The number of non-ortho nitro benzene ring substituents is 1. The molecule has 2 N–H and O–H groups in total. The van der Waals surface area contributed by atoms with Crippen molar-refractivity contribution in [3.8, 4) is 0 Å². The van der Waals surface area contributed by atoms with Crippen LogP contribution in [0.3, 0.4) is 0 Å². The summed E-state index contributed by atoms with van der Waals surface area (Å²) in [5, 5.41) is 22.8. The molecule has 17 heavy (non-hydrogen) atoms. The molecule has 1 aromatic rings. The molecule has 2 rings (SSSR count). The highest BCUT2D eigenvalue weighted by Crippen LogP contribution is 2.27. The van der Waals surface area contributed by atoms with Gasteiger partial charge in [0.05, 0.1) is 23.7 Å². The zero-order valence-corrected chi connectivity index (χ0v) is 9.42. The molecular weight excluding hydrogens is 224 g/mol. The van der Waals surface area contributed by atoms with Crippen molar-refractivity contribution in [2.75, 3.05) is 13.2 Å². The molecule has 0 radical (unpaired) electrons. The van der Waals surface area contributed by atoms with Gasteiger partial charge in [0.1, 0.15) is 6.23 Å². The number of nitro benzene ring substituents is 1. The predicted octanol–water partition coefficient (Wildman–Crippen LogP) is 0.964. The standard InChI is InChI=1S/C11H14N2O4/c1-11(6-14)7-17-10(12-11)8-2-4-9(5-3-8)13(15)16/h2-5,10,12,14H,6-7H2,1H3/t10?,11-/m1/s1. The van der Waals surface area contributed by atoms with Gasteiger partial charge in [-0.05, 0) is 24.6 Å². The molecule has 6 nitrogen and oxygen atoms in total. The van der Waals surface area contributed by atoms with E-state index in [0.717, 1.165) is 5.56 Å². The summed E-state index contributed by atoms with van der Waals surface area (Å²) in [5.74, 6) is 0. The van der Waals surface area contributed by atoms with Gasteiger partial charge >= 0.3 is 0 Å². The maximum atomic E-state index is 10.5. The number of nitro groups is 1. The molecule has 0 spiro atoms. The minimum atomic E-state index is -0.452. The van der Waals surface area contributed by atoms with Crippen LogP contribution in [0.2, 0.25) is 0 Å². The first-order valence-corrected chi connectivity index (χ1v) is 5.29. The van der Waals surface area contributed by atoms with E-state index < -0.39 is 10.5 Å². The zero-order valence-electron chi connectivity index (χ0n) is 9.42. The van der Waals surface area contributed by atoms with E-state index in [1.165, 1.54) is 12.1 Å². The number of nitrogens with zero attached hydrogens (tertiary/aromatic N) is 1.